The molecule has 0 amide bonds. The molecule has 0 saturated heterocycles. The van der Waals surface area contributed by atoms with Gasteiger partial charge in [-0.2, -0.15) is 0 Å². The van der Waals surface area contributed by atoms with Crippen molar-refractivity contribution < 1.29 is 13.9 Å². The van der Waals surface area contributed by atoms with Crippen molar-refractivity contribution in [2.45, 2.75) is 9.99 Å². The van der Waals surface area contributed by atoms with Crippen LogP contribution in [0.1, 0.15) is 10.6 Å². The lowest BCUT2D eigenvalue weighted by molar-refractivity contribution is 0.0559. The van der Waals surface area contributed by atoms with Crippen LogP contribution in [0.15, 0.2) is 50.8 Å². The first-order valence-corrected chi connectivity index (χ1v) is 6.00. The quantitative estimate of drug-likeness (QED) is 0.792. The summed E-state index contributed by atoms with van der Waals surface area (Å²) in [7, 11) is 1.32. The van der Waals surface area contributed by atoms with Crippen LogP contribution < -0.4 is 0 Å². The summed E-state index contributed by atoms with van der Waals surface area (Å²) in [6, 6.07) is 10.7. The SMILES string of the molecule is COC(=O)c1ccc(Sc2ccc(Cl)cc2)o1. The molecule has 0 radical (unpaired) electrons. The molecule has 1 heterocycles. The summed E-state index contributed by atoms with van der Waals surface area (Å²) in [5, 5.41) is 1.32. The lowest BCUT2D eigenvalue weighted by atomic mass is 10.4. The van der Waals surface area contributed by atoms with Crippen molar-refractivity contribution in [3.05, 3.63) is 47.2 Å². The first kappa shape index (κ1) is 12.1. The molecule has 88 valence electrons. The van der Waals surface area contributed by atoms with E-state index >= 15 is 0 Å². The molecule has 0 unspecified atom stereocenters. The molecule has 0 spiro atoms. The lowest BCUT2D eigenvalue weighted by Gasteiger charge is -1.98. The Hall–Kier alpha value is -1.39. The fourth-order valence-corrected chi connectivity index (χ4v) is 2.10. The molecule has 17 heavy (non-hydrogen) atoms. The minimum Gasteiger partial charge on any atom is -0.463 e. The summed E-state index contributed by atoms with van der Waals surface area (Å²) < 4.78 is 9.88. The zero-order valence-corrected chi connectivity index (χ0v) is 10.5. The molecule has 0 saturated carbocycles. The maximum Gasteiger partial charge on any atom is 0.374 e. The summed E-state index contributed by atoms with van der Waals surface area (Å²) in [5.74, 6) is -0.281. The highest BCUT2D eigenvalue weighted by molar-refractivity contribution is 7.99. The second-order valence-electron chi connectivity index (χ2n) is 3.17. The third-order valence-electron chi connectivity index (χ3n) is 2.00. The van der Waals surface area contributed by atoms with Crippen LogP contribution in [0.3, 0.4) is 0 Å². The van der Waals surface area contributed by atoms with Crippen LogP contribution in [-0.2, 0) is 4.74 Å². The predicted octanol–water partition coefficient (Wildman–Crippen LogP) is 3.87. The van der Waals surface area contributed by atoms with Crippen molar-refractivity contribution in [2.75, 3.05) is 7.11 Å². The molecule has 2 aromatic rings. The van der Waals surface area contributed by atoms with Crippen LogP contribution in [-0.4, -0.2) is 13.1 Å². The zero-order chi connectivity index (χ0) is 12.3. The van der Waals surface area contributed by atoms with Gasteiger partial charge in [0.05, 0.1) is 7.11 Å². The highest BCUT2D eigenvalue weighted by Crippen LogP contribution is 2.30. The molecule has 0 N–H and O–H groups in total. The largest absolute Gasteiger partial charge is 0.463 e. The molecular weight excluding hydrogens is 260 g/mol. The third kappa shape index (κ3) is 3.05. The van der Waals surface area contributed by atoms with E-state index in [0.717, 1.165) is 4.90 Å². The number of furan rings is 1. The number of esters is 1. The Kier molecular flexibility index (Phi) is 3.76. The summed E-state index contributed by atoms with van der Waals surface area (Å²) in [4.78, 5) is 12.2. The Morgan fingerprint density at radius 3 is 2.59 bits per heavy atom. The van der Waals surface area contributed by atoms with Gasteiger partial charge in [0.15, 0.2) is 5.09 Å². The average molecular weight is 269 g/mol. The van der Waals surface area contributed by atoms with Crippen molar-refractivity contribution >= 4 is 29.3 Å². The van der Waals surface area contributed by atoms with Gasteiger partial charge in [0.1, 0.15) is 0 Å². The summed E-state index contributed by atoms with van der Waals surface area (Å²) in [5.41, 5.74) is 0. The number of hydrogen-bond donors (Lipinski definition) is 0. The van der Waals surface area contributed by atoms with E-state index in [4.69, 9.17) is 16.0 Å². The maximum absolute atomic E-state index is 11.2. The van der Waals surface area contributed by atoms with E-state index in [1.807, 2.05) is 12.1 Å². The smallest absolute Gasteiger partial charge is 0.374 e. The normalized spacial score (nSPS) is 10.2. The van der Waals surface area contributed by atoms with Crippen LogP contribution >= 0.6 is 23.4 Å². The monoisotopic (exact) mass is 268 g/mol. The van der Waals surface area contributed by atoms with E-state index in [2.05, 4.69) is 4.74 Å². The van der Waals surface area contributed by atoms with Gasteiger partial charge in [-0.3, -0.25) is 0 Å². The molecule has 0 atom stereocenters. The molecule has 1 aromatic heterocycles. The Morgan fingerprint density at radius 2 is 1.94 bits per heavy atom. The molecule has 0 aliphatic heterocycles. The van der Waals surface area contributed by atoms with Crippen molar-refractivity contribution in [1.82, 2.24) is 0 Å². The highest BCUT2D eigenvalue weighted by atomic mass is 35.5. The fraction of sp³-hybridized carbons (Fsp3) is 0.0833. The van der Waals surface area contributed by atoms with Crippen molar-refractivity contribution in [2.24, 2.45) is 0 Å². The highest BCUT2D eigenvalue weighted by Gasteiger charge is 2.11. The molecule has 0 fully saturated rings. The van der Waals surface area contributed by atoms with Gasteiger partial charge in [-0.15, -0.1) is 0 Å². The van der Waals surface area contributed by atoms with Crippen molar-refractivity contribution in [1.29, 1.82) is 0 Å². The molecule has 0 aliphatic rings. The Morgan fingerprint density at radius 1 is 1.24 bits per heavy atom. The van der Waals surface area contributed by atoms with Gasteiger partial charge in [-0.1, -0.05) is 23.4 Å². The number of hydrogen-bond acceptors (Lipinski definition) is 4. The molecule has 0 bridgehead atoms. The number of methoxy groups -OCH3 is 1. The lowest BCUT2D eigenvalue weighted by Crippen LogP contribution is -1.97. The summed E-state index contributed by atoms with van der Waals surface area (Å²) in [6.07, 6.45) is 0. The van der Waals surface area contributed by atoms with Gasteiger partial charge >= 0.3 is 5.97 Å². The molecule has 1 aromatic carbocycles. The van der Waals surface area contributed by atoms with Gasteiger partial charge < -0.3 is 9.15 Å². The Labute approximate surface area is 108 Å². The molecule has 5 heteroatoms. The van der Waals surface area contributed by atoms with E-state index in [1.165, 1.54) is 18.9 Å². The number of carbonyl (C=O) groups is 1. The molecule has 3 nitrogen and oxygen atoms in total. The van der Waals surface area contributed by atoms with Crippen LogP contribution in [0.2, 0.25) is 5.02 Å². The second-order valence-corrected chi connectivity index (χ2v) is 4.68. The van der Waals surface area contributed by atoms with Gasteiger partial charge in [-0.25, -0.2) is 4.79 Å². The van der Waals surface area contributed by atoms with Crippen LogP contribution in [0.4, 0.5) is 0 Å². The van der Waals surface area contributed by atoms with Gasteiger partial charge in [0.2, 0.25) is 5.76 Å². The van der Waals surface area contributed by atoms with E-state index in [9.17, 15) is 4.79 Å². The van der Waals surface area contributed by atoms with Gasteiger partial charge in [0, 0.05) is 9.92 Å². The number of benzene rings is 1. The summed E-state index contributed by atoms with van der Waals surface area (Å²) >= 11 is 7.20. The fourth-order valence-electron chi connectivity index (χ4n) is 1.20. The molecule has 2 rings (SSSR count). The number of ether oxygens (including phenoxy) is 1. The second kappa shape index (κ2) is 5.29. The van der Waals surface area contributed by atoms with Crippen LogP contribution in [0.5, 0.6) is 0 Å². The minimum atomic E-state index is -0.479. The van der Waals surface area contributed by atoms with Crippen LogP contribution in [0, 0.1) is 0 Å². The van der Waals surface area contributed by atoms with E-state index in [-0.39, 0.29) is 5.76 Å². The first-order valence-electron chi connectivity index (χ1n) is 4.80. The number of halogens is 1. The van der Waals surface area contributed by atoms with Gasteiger partial charge in [0.25, 0.3) is 0 Å². The maximum atomic E-state index is 11.2. The van der Waals surface area contributed by atoms with E-state index < -0.39 is 5.97 Å². The standard InChI is InChI=1S/C12H9ClO3S/c1-15-12(14)10-6-7-11(16-10)17-9-4-2-8(13)3-5-9/h2-7H,1H3. The van der Waals surface area contributed by atoms with Crippen molar-refractivity contribution in [3.8, 4) is 0 Å². The minimum absolute atomic E-state index is 0.198. The third-order valence-corrected chi connectivity index (χ3v) is 3.18. The van der Waals surface area contributed by atoms with E-state index in [1.54, 1.807) is 24.3 Å². The molecule has 0 aliphatic carbocycles. The number of carbonyl (C=O) groups excluding carboxylic acids is 1. The Bertz CT molecular complexity index is 519. The number of rotatable bonds is 3. The summed E-state index contributed by atoms with van der Waals surface area (Å²) in [6.45, 7) is 0. The predicted molar refractivity (Wildman–Crippen MR) is 65.6 cm³/mol. The average Bonchev–Trinajstić information content (AvgIpc) is 2.80. The van der Waals surface area contributed by atoms with Gasteiger partial charge in [-0.05, 0) is 36.4 Å². The topological polar surface area (TPSA) is 39.4 Å². The van der Waals surface area contributed by atoms with Crippen LogP contribution in [0.25, 0.3) is 0 Å². The zero-order valence-electron chi connectivity index (χ0n) is 8.98. The Balaban J connectivity index is 2.11. The first-order chi connectivity index (χ1) is 8.19. The van der Waals surface area contributed by atoms with Crippen molar-refractivity contribution in [3.63, 3.8) is 0 Å². The van der Waals surface area contributed by atoms with E-state index in [0.29, 0.717) is 10.1 Å². The molecular formula is C12H9ClO3S.